The molecule has 0 fully saturated rings. The van der Waals surface area contributed by atoms with E-state index in [1.807, 2.05) is 18.5 Å². The highest BCUT2D eigenvalue weighted by molar-refractivity contribution is 9.10. The van der Waals surface area contributed by atoms with Gasteiger partial charge < -0.3 is 20.5 Å². The number of thiocarbonyl (C=S) groups is 1. The van der Waals surface area contributed by atoms with Crippen LogP contribution in [0.1, 0.15) is 24.1 Å². The van der Waals surface area contributed by atoms with E-state index in [9.17, 15) is 0 Å². The predicted molar refractivity (Wildman–Crippen MR) is 147 cm³/mol. The first-order valence-corrected chi connectivity index (χ1v) is 12.7. The van der Waals surface area contributed by atoms with Gasteiger partial charge in [0.25, 0.3) is 0 Å². The number of aromatic nitrogens is 3. The highest BCUT2D eigenvalue weighted by Gasteiger charge is 2.11. The molecule has 6 nitrogen and oxygen atoms in total. The molecule has 0 amide bonds. The van der Waals surface area contributed by atoms with Gasteiger partial charge in [-0.25, -0.2) is 9.97 Å². The lowest BCUT2D eigenvalue weighted by Crippen LogP contribution is -2.37. The van der Waals surface area contributed by atoms with Crippen molar-refractivity contribution in [1.29, 1.82) is 0 Å². The Bertz CT molecular complexity index is 1170. The molecule has 0 unspecified atom stereocenters. The molecule has 176 valence electrons. The van der Waals surface area contributed by atoms with E-state index in [-0.39, 0.29) is 0 Å². The number of H-pyrrole nitrogens is 1. The van der Waals surface area contributed by atoms with Gasteiger partial charge in [-0.05, 0) is 75.9 Å². The number of hydrogen-bond donors (Lipinski definition) is 3. The van der Waals surface area contributed by atoms with Crippen LogP contribution in [0.15, 0.2) is 77.8 Å². The number of hydrogen-bond acceptors (Lipinski definition) is 4. The van der Waals surface area contributed by atoms with Gasteiger partial charge in [-0.1, -0.05) is 42.5 Å². The number of imidazole rings is 1. The molecule has 0 saturated heterocycles. The molecule has 0 aliphatic carbocycles. The van der Waals surface area contributed by atoms with Gasteiger partial charge in [0.1, 0.15) is 5.82 Å². The van der Waals surface area contributed by atoms with E-state index in [1.54, 1.807) is 6.33 Å². The molecule has 0 bridgehead atoms. The van der Waals surface area contributed by atoms with Crippen molar-refractivity contribution in [1.82, 2.24) is 25.6 Å². The van der Waals surface area contributed by atoms with E-state index in [1.165, 1.54) is 16.3 Å². The lowest BCUT2D eigenvalue weighted by molar-refractivity contribution is 0.691. The molecule has 0 atom stereocenters. The minimum absolute atomic E-state index is 0.701. The summed E-state index contributed by atoms with van der Waals surface area (Å²) in [5.74, 6) is 0.968. The van der Waals surface area contributed by atoms with E-state index >= 15 is 0 Å². The van der Waals surface area contributed by atoms with Crippen LogP contribution >= 0.6 is 28.1 Å². The Kier molecular flexibility index (Phi) is 8.87. The van der Waals surface area contributed by atoms with Crippen LogP contribution < -0.4 is 15.5 Å². The molecular formula is C26H29BrN6S. The van der Waals surface area contributed by atoms with Crippen molar-refractivity contribution in [2.75, 3.05) is 24.5 Å². The molecule has 0 radical (unpaired) electrons. The van der Waals surface area contributed by atoms with Gasteiger partial charge in [0, 0.05) is 48.7 Å². The highest BCUT2D eigenvalue weighted by atomic mass is 79.9. The molecule has 2 aromatic carbocycles. The van der Waals surface area contributed by atoms with Gasteiger partial charge >= 0.3 is 0 Å². The number of nitrogens with zero attached hydrogens (tertiary/aromatic N) is 3. The van der Waals surface area contributed by atoms with Crippen LogP contribution in [0.4, 0.5) is 5.82 Å². The van der Waals surface area contributed by atoms with E-state index in [2.05, 4.69) is 94.9 Å². The molecule has 34 heavy (non-hydrogen) atoms. The first kappa shape index (κ1) is 24.2. The van der Waals surface area contributed by atoms with Gasteiger partial charge in [0.15, 0.2) is 5.11 Å². The largest absolute Gasteiger partial charge is 0.363 e. The number of halogens is 1. The smallest absolute Gasteiger partial charge is 0.166 e. The maximum Gasteiger partial charge on any atom is 0.166 e. The maximum atomic E-state index is 5.44. The number of aryl methyl sites for hydroxylation is 1. The maximum absolute atomic E-state index is 5.44. The normalized spacial score (nSPS) is 10.9. The molecular weight excluding hydrogens is 508 g/mol. The van der Waals surface area contributed by atoms with Crippen LogP contribution in [-0.2, 0) is 13.0 Å². The summed E-state index contributed by atoms with van der Waals surface area (Å²) in [6.45, 7) is 3.30. The second-order valence-corrected chi connectivity index (χ2v) is 9.43. The van der Waals surface area contributed by atoms with Crippen molar-refractivity contribution < 1.29 is 0 Å². The molecule has 0 saturated carbocycles. The van der Waals surface area contributed by atoms with Gasteiger partial charge in [0.2, 0.25) is 0 Å². The Labute approximate surface area is 214 Å². The van der Waals surface area contributed by atoms with Crippen LogP contribution in [0.25, 0.3) is 10.8 Å². The van der Waals surface area contributed by atoms with Crippen LogP contribution in [0.5, 0.6) is 0 Å². The monoisotopic (exact) mass is 536 g/mol. The fourth-order valence-electron chi connectivity index (χ4n) is 3.90. The summed E-state index contributed by atoms with van der Waals surface area (Å²) in [7, 11) is 0. The third-order valence-corrected chi connectivity index (χ3v) is 6.39. The Morgan fingerprint density at radius 2 is 1.79 bits per heavy atom. The zero-order valence-electron chi connectivity index (χ0n) is 19.0. The molecule has 4 aromatic rings. The zero-order valence-corrected chi connectivity index (χ0v) is 21.4. The molecule has 8 heteroatoms. The van der Waals surface area contributed by atoms with E-state index in [0.717, 1.165) is 61.4 Å². The molecule has 3 N–H and O–H groups in total. The summed E-state index contributed by atoms with van der Waals surface area (Å²) in [5.41, 5.74) is 2.44. The molecule has 0 spiro atoms. The second kappa shape index (κ2) is 12.5. The number of anilines is 1. The first-order valence-electron chi connectivity index (χ1n) is 11.5. The Hall–Kier alpha value is -2.97. The standard InChI is InChI=1S/C26H29BrN6S/c27-22-11-12-25(31-16-22)33(18-21-8-3-7-20-6-1-2-10-24(20)21)15-5-14-30-26(34)29-13-4-9-23-17-28-19-32-23/h1-3,6-8,10-12,16-17,19H,4-5,9,13-15,18H2,(H,28,32)(H2,29,30,34). The second-order valence-electron chi connectivity index (χ2n) is 8.11. The molecule has 0 aliphatic rings. The molecule has 2 heterocycles. The predicted octanol–water partition coefficient (Wildman–Crippen LogP) is 5.21. The van der Waals surface area contributed by atoms with Crippen molar-refractivity contribution >= 4 is 49.9 Å². The van der Waals surface area contributed by atoms with Gasteiger partial charge in [-0.15, -0.1) is 0 Å². The third-order valence-electron chi connectivity index (χ3n) is 5.63. The van der Waals surface area contributed by atoms with E-state index in [0.29, 0.717) is 5.11 Å². The number of nitrogens with one attached hydrogen (secondary N) is 3. The fourth-order valence-corrected chi connectivity index (χ4v) is 4.34. The first-order chi connectivity index (χ1) is 16.7. The number of benzene rings is 2. The summed E-state index contributed by atoms with van der Waals surface area (Å²) >= 11 is 8.93. The van der Waals surface area contributed by atoms with Crippen LogP contribution in [0.3, 0.4) is 0 Å². The van der Waals surface area contributed by atoms with Crippen LogP contribution in [0, 0.1) is 0 Å². The third kappa shape index (κ3) is 7.01. The summed E-state index contributed by atoms with van der Waals surface area (Å²) in [4.78, 5) is 14.1. The summed E-state index contributed by atoms with van der Waals surface area (Å²) in [5, 5.41) is 9.86. The van der Waals surface area contributed by atoms with Crippen molar-refractivity contribution in [3.8, 4) is 0 Å². The van der Waals surface area contributed by atoms with E-state index < -0.39 is 0 Å². The molecule has 0 aliphatic heterocycles. The van der Waals surface area contributed by atoms with Crippen LogP contribution in [0.2, 0.25) is 0 Å². The SMILES string of the molecule is S=C(NCCCc1cnc[nH]1)NCCCN(Cc1cccc2ccccc12)c1ccc(Br)cn1. The van der Waals surface area contributed by atoms with Gasteiger partial charge in [-0.3, -0.25) is 0 Å². The van der Waals surface area contributed by atoms with Gasteiger partial charge in [-0.2, -0.15) is 0 Å². The quantitative estimate of drug-likeness (QED) is 0.180. The van der Waals surface area contributed by atoms with Crippen LogP contribution in [-0.4, -0.2) is 39.7 Å². The Morgan fingerprint density at radius 1 is 0.971 bits per heavy atom. The molecule has 4 rings (SSSR count). The van der Waals surface area contributed by atoms with Crippen molar-refractivity contribution in [3.05, 3.63) is 89.0 Å². The fraction of sp³-hybridized carbons (Fsp3) is 0.269. The minimum atomic E-state index is 0.701. The van der Waals surface area contributed by atoms with Gasteiger partial charge in [0.05, 0.1) is 6.33 Å². The lowest BCUT2D eigenvalue weighted by atomic mass is 10.0. The van der Waals surface area contributed by atoms with Crippen molar-refractivity contribution in [2.24, 2.45) is 0 Å². The van der Waals surface area contributed by atoms with E-state index in [4.69, 9.17) is 12.2 Å². The van der Waals surface area contributed by atoms with Crippen molar-refractivity contribution in [3.63, 3.8) is 0 Å². The topological polar surface area (TPSA) is 68.9 Å². The number of fused-ring (bicyclic) bond motifs is 1. The summed E-state index contributed by atoms with van der Waals surface area (Å²) < 4.78 is 0.979. The lowest BCUT2D eigenvalue weighted by Gasteiger charge is -2.25. The van der Waals surface area contributed by atoms with Crippen molar-refractivity contribution in [2.45, 2.75) is 25.8 Å². The highest BCUT2D eigenvalue weighted by Crippen LogP contribution is 2.23. The average molecular weight is 538 g/mol. The molecule has 2 aromatic heterocycles. The Balaban J connectivity index is 1.29. The average Bonchev–Trinajstić information content (AvgIpc) is 3.38. The Morgan fingerprint density at radius 3 is 2.59 bits per heavy atom. The number of pyridine rings is 1. The number of aromatic amines is 1. The minimum Gasteiger partial charge on any atom is -0.363 e. The summed E-state index contributed by atoms with van der Waals surface area (Å²) in [6.07, 6.45) is 8.32. The zero-order chi connectivity index (χ0) is 23.6. The summed E-state index contributed by atoms with van der Waals surface area (Å²) in [6, 6.07) is 19.1. The number of rotatable bonds is 11.